The molecule has 17 heavy (non-hydrogen) atoms. The molecule has 3 nitrogen and oxygen atoms in total. The van der Waals surface area contributed by atoms with Gasteiger partial charge in [-0.15, -0.1) is 0 Å². The minimum atomic E-state index is -4.47. The summed E-state index contributed by atoms with van der Waals surface area (Å²) >= 11 is 3.13. The monoisotopic (exact) mass is 305 g/mol. The quantitative estimate of drug-likeness (QED) is 0.822. The summed E-state index contributed by atoms with van der Waals surface area (Å²) in [5.74, 6) is 0. The Labute approximate surface area is 103 Å². The van der Waals surface area contributed by atoms with Gasteiger partial charge in [-0.3, -0.25) is 0 Å². The molecular formula is C10H7BrF3N3. The average Bonchev–Trinajstić information content (AvgIpc) is 2.63. The van der Waals surface area contributed by atoms with E-state index in [1.165, 1.54) is 24.5 Å². The molecule has 0 fully saturated rings. The van der Waals surface area contributed by atoms with Crippen LogP contribution in [0.4, 0.5) is 18.9 Å². The first kappa shape index (κ1) is 12.0. The number of benzene rings is 1. The van der Waals surface area contributed by atoms with Crippen LogP contribution >= 0.6 is 15.9 Å². The average molecular weight is 306 g/mol. The van der Waals surface area contributed by atoms with Crippen LogP contribution < -0.4 is 5.73 Å². The molecule has 0 saturated carbocycles. The summed E-state index contributed by atoms with van der Waals surface area (Å²) in [6.45, 7) is 0. The molecule has 1 aromatic heterocycles. The molecule has 0 aliphatic carbocycles. The molecular weight excluding hydrogens is 299 g/mol. The highest BCUT2D eigenvalue weighted by Crippen LogP contribution is 2.35. The zero-order chi connectivity index (χ0) is 12.6. The van der Waals surface area contributed by atoms with E-state index in [2.05, 4.69) is 21.0 Å². The Balaban J connectivity index is 2.61. The summed E-state index contributed by atoms with van der Waals surface area (Å²) in [4.78, 5) is 0. The van der Waals surface area contributed by atoms with Crippen LogP contribution in [0.1, 0.15) is 5.56 Å². The van der Waals surface area contributed by atoms with Crippen LogP contribution in [0.3, 0.4) is 0 Å². The van der Waals surface area contributed by atoms with Crippen molar-refractivity contribution >= 4 is 21.6 Å². The second-order valence-electron chi connectivity index (χ2n) is 3.38. The van der Waals surface area contributed by atoms with Crippen LogP contribution in [-0.2, 0) is 6.18 Å². The zero-order valence-corrected chi connectivity index (χ0v) is 9.96. The van der Waals surface area contributed by atoms with Crippen molar-refractivity contribution in [2.45, 2.75) is 6.18 Å². The van der Waals surface area contributed by atoms with Crippen molar-refractivity contribution in [3.8, 4) is 5.69 Å². The number of nitrogens with two attached hydrogens (primary N) is 1. The molecule has 2 N–H and O–H groups in total. The number of anilines is 1. The third-order valence-electron chi connectivity index (χ3n) is 2.12. The zero-order valence-electron chi connectivity index (χ0n) is 8.37. The molecule has 0 aliphatic heterocycles. The Kier molecular flexibility index (Phi) is 2.86. The number of hydrogen-bond donors (Lipinski definition) is 1. The van der Waals surface area contributed by atoms with Gasteiger partial charge in [0.25, 0.3) is 0 Å². The summed E-state index contributed by atoms with van der Waals surface area (Å²) in [7, 11) is 0. The fourth-order valence-electron chi connectivity index (χ4n) is 1.41. The predicted molar refractivity (Wildman–Crippen MR) is 60.7 cm³/mol. The molecule has 0 amide bonds. The molecule has 7 heteroatoms. The van der Waals surface area contributed by atoms with Crippen LogP contribution in [0.2, 0.25) is 0 Å². The molecule has 0 spiro atoms. The van der Waals surface area contributed by atoms with E-state index in [1.807, 2.05) is 0 Å². The van der Waals surface area contributed by atoms with Crippen LogP contribution in [0.5, 0.6) is 0 Å². The van der Waals surface area contributed by atoms with Gasteiger partial charge in [0.2, 0.25) is 0 Å². The fraction of sp³-hybridized carbons (Fsp3) is 0.100. The second kappa shape index (κ2) is 4.06. The highest BCUT2D eigenvalue weighted by Gasteiger charge is 2.34. The van der Waals surface area contributed by atoms with Crippen LogP contribution in [0.25, 0.3) is 5.69 Å². The van der Waals surface area contributed by atoms with E-state index in [1.54, 1.807) is 0 Å². The number of aromatic nitrogens is 2. The Morgan fingerprint density at radius 3 is 2.53 bits per heavy atom. The Bertz CT molecular complexity index is 548. The van der Waals surface area contributed by atoms with E-state index >= 15 is 0 Å². The van der Waals surface area contributed by atoms with Crippen molar-refractivity contribution in [1.29, 1.82) is 0 Å². The van der Waals surface area contributed by atoms with Gasteiger partial charge < -0.3 is 5.73 Å². The number of rotatable bonds is 1. The van der Waals surface area contributed by atoms with Crippen molar-refractivity contribution in [2.75, 3.05) is 5.73 Å². The van der Waals surface area contributed by atoms with E-state index in [0.717, 1.165) is 10.7 Å². The smallest absolute Gasteiger partial charge is 0.399 e. The number of nitrogen functional groups attached to an aromatic ring is 1. The highest BCUT2D eigenvalue weighted by molar-refractivity contribution is 9.10. The molecule has 2 aromatic rings. The number of hydrogen-bond acceptors (Lipinski definition) is 2. The minimum Gasteiger partial charge on any atom is -0.399 e. The molecule has 0 saturated heterocycles. The molecule has 90 valence electrons. The third-order valence-corrected chi connectivity index (χ3v) is 2.53. The highest BCUT2D eigenvalue weighted by atomic mass is 79.9. The first-order chi connectivity index (χ1) is 7.88. The normalized spacial score (nSPS) is 11.8. The first-order valence-electron chi connectivity index (χ1n) is 4.55. The summed E-state index contributed by atoms with van der Waals surface area (Å²) in [6, 6.07) is 3.59. The Morgan fingerprint density at radius 2 is 2.00 bits per heavy atom. The first-order valence-corrected chi connectivity index (χ1v) is 5.34. The van der Waals surface area contributed by atoms with Gasteiger partial charge in [-0.25, -0.2) is 4.68 Å². The molecule has 0 bridgehead atoms. The van der Waals surface area contributed by atoms with Gasteiger partial charge in [-0.1, -0.05) is 0 Å². The molecule has 0 radical (unpaired) electrons. The van der Waals surface area contributed by atoms with E-state index in [-0.39, 0.29) is 11.4 Å². The van der Waals surface area contributed by atoms with Crippen molar-refractivity contribution in [3.63, 3.8) is 0 Å². The lowest BCUT2D eigenvalue weighted by Crippen LogP contribution is -2.11. The van der Waals surface area contributed by atoms with Gasteiger partial charge in [-0.2, -0.15) is 18.3 Å². The van der Waals surface area contributed by atoms with Gasteiger partial charge in [0.15, 0.2) is 0 Å². The van der Waals surface area contributed by atoms with Crippen molar-refractivity contribution in [2.24, 2.45) is 0 Å². The molecule has 2 rings (SSSR count). The van der Waals surface area contributed by atoms with Crippen LogP contribution in [0.15, 0.2) is 35.1 Å². The van der Waals surface area contributed by atoms with E-state index in [9.17, 15) is 13.2 Å². The summed E-state index contributed by atoms with van der Waals surface area (Å²) in [6.07, 6.45) is -1.61. The maximum atomic E-state index is 12.8. The number of halogens is 4. The van der Waals surface area contributed by atoms with Crippen molar-refractivity contribution in [1.82, 2.24) is 9.78 Å². The summed E-state index contributed by atoms with van der Waals surface area (Å²) in [5.41, 5.74) is 4.56. The SMILES string of the molecule is Nc1ccc(-n2cc(Br)cn2)c(C(F)(F)F)c1. The van der Waals surface area contributed by atoms with Gasteiger partial charge in [0, 0.05) is 11.9 Å². The largest absolute Gasteiger partial charge is 0.418 e. The lowest BCUT2D eigenvalue weighted by atomic mass is 10.1. The van der Waals surface area contributed by atoms with E-state index in [4.69, 9.17) is 5.73 Å². The standard InChI is InChI=1S/C10H7BrF3N3/c11-6-4-16-17(5-6)9-2-1-7(15)3-8(9)10(12,13)14/h1-5H,15H2. The summed E-state index contributed by atoms with van der Waals surface area (Å²) < 4.78 is 40.2. The maximum absolute atomic E-state index is 12.8. The van der Waals surface area contributed by atoms with E-state index in [0.29, 0.717) is 4.47 Å². The van der Waals surface area contributed by atoms with E-state index < -0.39 is 11.7 Å². The number of alkyl halides is 3. The molecule has 0 unspecified atom stereocenters. The lowest BCUT2D eigenvalue weighted by molar-refractivity contribution is -0.137. The van der Waals surface area contributed by atoms with Gasteiger partial charge in [-0.05, 0) is 34.1 Å². The summed E-state index contributed by atoms with van der Waals surface area (Å²) in [5, 5.41) is 3.82. The minimum absolute atomic E-state index is 0.0580. The lowest BCUT2D eigenvalue weighted by Gasteiger charge is -2.13. The van der Waals surface area contributed by atoms with Crippen LogP contribution in [0, 0.1) is 0 Å². The third kappa shape index (κ3) is 2.44. The molecule has 0 aliphatic rings. The second-order valence-corrected chi connectivity index (χ2v) is 4.29. The Hall–Kier alpha value is -1.50. The predicted octanol–water partition coefficient (Wildman–Crippen LogP) is 3.24. The molecule has 0 atom stereocenters. The van der Waals surface area contributed by atoms with Gasteiger partial charge in [0.1, 0.15) is 0 Å². The van der Waals surface area contributed by atoms with Gasteiger partial charge in [0.05, 0.1) is 21.9 Å². The molecule has 1 heterocycles. The molecule has 1 aromatic carbocycles. The number of nitrogens with zero attached hydrogens (tertiary/aromatic N) is 2. The topological polar surface area (TPSA) is 43.8 Å². The maximum Gasteiger partial charge on any atom is 0.418 e. The Morgan fingerprint density at radius 1 is 1.29 bits per heavy atom. The fourth-order valence-corrected chi connectivity index (χ4v) is 1.70. The van der Waals surface area contributed by atoms with Crippen molar-refractivity contribution in [3.05, 3.63) is 40.6 Å². The van der Waals surface area contributed by atoms with Crippen molar-refractivity contribution < 1.29 is 13.2 Å². The van der Waals surface area contributed by atoms with Gasteiger partial charge >= 0.3 is 6.18 Å². The van der Waals surface area contributed by atoms with Crippen LogP contribution in [-0.4, -0.2) is 9.78 Å².